The van der Waals surface area contributed by atoms with Gasteiger partial charge in [0, 0.05) is 19.2 Å². The highest BCUT2D eigenvalue weighted by atomic mass is 19.1. The van der Waals surface area contributed by atoms with E-state index < -0.39 is 11.8 Å². The molecule has 1 aromatic rings. The van der Waals surface area contributed by atoms with E-state index in [0.717, 1.165) is 19.1 Å². The van der Waals surface area contributed by atoms with Gasteiger partial charge in [0.1, 0.15) is 5.82 Å². The third-order valence-corrected chi connectivity index (χ3v) is 3.62. The number of benzene rings is 1. The normalized spacial score (nSPS) is 22.9. The van der Waals surface area contributed by atoms with Crippen molar-refractivity contribution in [2.45, 2.75) is 32.0 Å². The number of rotatable bonds is 4. The molecule has 1 heterocycles. The Hall–Kier alpha value is -1.46. The number of hydrogen-bond donors (Lipinski definition) is 1. The van der Waals surface area contributed by atoms with Gasteiger partial charge in [0.15, 0.2) is 0 Å². The number of ether oxygens (including phenoxy) is 1. The lowest BCUT2D eigenvalue weighted by Crippen LogP contribution is -2.36. The predicted octanol–water partition coefficient (Wildman–Crippen LogP) is 2.13. The molecule has 0 bridgehead atoms. The summed E-state index contributed by atoms with van der Waals surface area (Å²) in [6, 6.07) is 4.17. The Labute approximate surface area is 111 Å². The highest BCUT2D eigenvalue weighted by Crippen LogP contribution is 2.21. The van der Waals surface area contributed by atoms with E-state index in [1.54, 1.807) is 0 Å². The third-order valence-electron chi connectivity index (χ3n) is 3.62. The first-order chi connectivity index (χ1) is 8.99. The van der Waals surface area contributed by atoms with E-state index in [1.165, 1.54) is 12.1 Å². The number of carboxylic acids is 1. The molecular weight excluding hydrogens is 249 g/mol. The Morgan fingerprint density at radius 2 is 2.32 bits per heavy atom. The Bertz CT molecular complexity index is 478. The average Bonchev–Trinajstić information content (AvgIpc) is 2.77. The topological polar surface area (TPSA) is 49.8 Å². The van der Waals surface area contributed by atoms with Gasteiger partial charge in [0.05, 0.1) is 11.7 Å². The SMILES string of the molecule is CC1OCCC1N(C)Cc1ccc(F)cc1C(=O)O. The van der Waals surface area contributed by atoms with Crippen LogP contribution in [0.15, 0.2) is 18.2 Å². The number of nitrogens with zero attached hydrogens (tertiary/aromatic N) is 1. The van der Waals surface area contributed by atoms with Crippen LogP contribution in [0.5, 0.6) is 0 Å². The molecule has 0 aliphatic carbocycles. The number of carboxylic acid groups (broad SMARTS) is 1. The summed E-state index contributed by atoms with van der Waals surface area (Å²) in [5, 5.41) is 9.11. The van der Waals surface area contributed by atoms with Crippen molar-refractivity contribution in [3.05, 3.63) is 35.1 Å². The molecular formula is C14H18FNO3. The van der Waals surface area contributed by atoms with Crippen LogP contribution < -0.4 is 0 Å². The van der Waals surface area contributed by atoms with Crippen LogP contribution in [0.25, 0.3) is 0 Å². The first-order valence-corrected chi connectivity index (χ1v) is 6.32. The highest BCUT2D eigenvalue weighted by Gasteiger charge is 2.28. The van der Waals surface area contributed by atoms with Gasteiger partial charge in [-0.3, -0.25) is 4.90 Å². The molecule has 104 valence electrons. The van der Waals surface area contributed by atoms with Crippen LogP contribution >= 0.6 is 0 Å². The van der Waals surface area contributed by atoms with E-state index in [0.29, 0.717) is 12.1 Å². The molecule has 2 atom stereocenters. The molecule has 4 nitrogen and oxygen atoms in total. The zero-order chi connectivity index (χ0) is 14.0. The Kier molecular flexibility index (Phi) is 4.17. The van der Waals surface area contributed by atoms with E-state index in [-0.39, 0.29) is 17.7 Å². The van der Waals surface area contributed by atoms with Gasteiger partial charge in [-0.05, 0) is 38.1 Å². The molecule has 2 rings (SSSR count). The van der Waals surface area contributed by atoms with Gasteiger partial charge in [0.25, 0.3) is 0 Å². The van der Waals surface area contributed by atoms with E-state index in [4.69, 9.17) is 9.84 Å². The fraction of sp³-hybridized carbons (Fsp3) is 0.500. The van der Waals surface area contributed by atoms with Gasteiger partial charge < -0.3 is 9.84 Å². The number of carbonyl (C=O) groups is 1. The van der Waals surface area contributed by atoms with Crippen molar-refractivity contribution in [1.82, 2.24) is 4.90 Å². The van der Waals surface area contributed by atoms with Crippen LogP contribution in [-0.2, 0) is 11.3 Å². The van der Waals surface area contributed by atoms with E-state index in [9.17, 15) is 9.18 Å². The standard InChI is InChI=1S/C14H18FNO3/c1-9-13(5-6-19-9)16(2)8-10-3-4-11(15)7-12(10)14(17)18/h3-4,7,9,13H,5-6,8H2,1-2H3,(H,17,18). The maximum absolute atomic E-state index is 13.1. The highest BCUT2D eigenvalue weighted by molar-refractivity contribution is 5.89. The molecule has 1 N–H and O–H groups in total. The minimum atomic E-state index is -1.10. The average molecular weight is 267 g/mol. The molecule has 1 fully saturated rings. The fourth-order valence-corrected chi connectivity index (χ4v) is 2.57. The minimum Gasteiger partial charge on any atom is -0.478 e. The summed E-state index contributed by atoms with van der Waals surface area (Å²) in [6.07, 6.45) is 1.07. The van der Waals surface area contributed by atoms with Crippen LogP contribution in [0.1, 0.15) is 29.3 Å². The van der Waals surface area contributed by atoms with Crippen LogP contribution in [0.2, 0.25) is 0 Å². The van der Waals surface area contributed by atoms with E-state index in [2.05, 4.69) is 4.90 Å². The minimum absolute atomic E-state index is 0.0263. The molecule has 5 heteroatoms. The summed E-state index contributed by atoms with van der Waals surface area (Å²) in [7, 11) is 1.94. The van der Waals surface area contributed by atoms with Crippen LogP contribution in [0.4, 0.5) is 4.39 Å². The van der Waals surface area contributed by atoms with Gasteiger partial charge in [-0.25, -0.2) is 9.18 Å². The molecule has 0 amide bonds. The van der Waals surface area contributed by atoms with Crippen LogP contribution in [0, 0.1) is 5.82 Å². The molecule has 0 radical (unpaired) electrons. The largest absolute Gasteiger partial charge is 0.478 e. The van der Waals surface area contributed by atoms with Crippen molar-refractivity contribution in [1.29, 1.82) is 0 Å². The maximum atomic E-state index is 13.1. The number of hydrogen-bond acceptors (Lipinski definition) is 3. The summed E-state index contributed by atoms with van der Waals surface area (Å²) in [5.74, 6) is -1.63. The molecule has 0 aromatic heterocycles. The number of likely N-dealkylation sites (N-methyl/N-ethyl adjacent to an activating group) is 1. The van der Waals surface area contributed by atoms with Crippen molar-refractivity contribution in [2.24, 2.45) is 0 Å². The molecule has 19 heavy (non-hydrogen) atoms. The van der Waals surface area contributed by atoms with E-state index in [1.807, 2.05) is 14.0 Å². The van der Waals surface area contributed by atoms with Gasteiger partial charge in [0.2, 0.25) is 0 Å². The lowest BCUT2D eigenvalue weighted by Gasteiger charge is -2.27. The lowest BCUT2D eigenvalue weighted by molar-refractivity contribution is 0.0690. The predicted molar refractivity (Wildman–Crippen MR) is 68.6 cm³/mol. The van der Waals surface area contributed by atoms with Crippen molar-refractivity contribution in [2.75, 3.05) is 13.7 Å². The quantitative estimate of drug-likeness (QED) is 0.908. The molecule has 0 saturated carbocycles. The van der Waals surface area contributed by atoms with Crippen molar-refractivity contribution in [3.63, 3.8) is 0 Å². The number of aromatic carboxylic acids is 1. The Morgan fingerprint density at radius 3 is 2.89 bits per heavy atom. The van der Waals surface area contributed by atoms with E-state index >= 15 is 0 Å². The zero-order valence-corrected chi connectivity index (χ0v) is 11.1. The summed E-state index contributed by atoms with van der Waals surface area (Å²) in [4.78, 5) is 13.2. The van der Waals surface area contributed by atoms with Crippen molar-refractivity contribution < 1.29 is 19.0 Å². The molecule has 1 saturated heterocycles. The fourth-order valence-electron chi connectivity index (χ4n) is 2.57. The second kappa shape index (κ2) is 5.67. The first kappa shape index (κ1) is 14.0. The smallest absolute Gasteiger partial charge is 0.336 e. The summed E-state index contributed by atoms with van der Waals surface area (Å²) in [6.45, 7) is 3.21. The van der Waals surface area contributed by atoms with Crippen LogP contribution in [-0.4, -0.2) is 41.8 Å². The zero-order valence-electron chi connectivity index (χ0n) is 11.1. The van der Waals surface area contributed by atoms with Crippen molar-refractivity contribution in [3.8, 4) is 0 Å². The van der Waals surface area contributed by atoms with Gasteiger partial charge in [-0.2, -0.15) is 0 Å². The molecule has 1 aliphatic heterocycles. The number of halogens is 1. The van der Waals surface area contributed by atoms with Gasteiger partial charge in [-0.15, -0.1) is 0 Å². The third kappa shape index (κ3) is 3.11. The second-order valence-electron chi connectivity index (χ2n) is 4.95. The molecule has 1 aromatic carbocycles. The monoisotopic (exact) mass is 267 g/mol. The summed E-state index contributed by atoms with van der Waals surface area (Å²) < 4.78 is 18.6. The molecule has 0 spiro atoms. The Balaban J connectivity index is 2.16. The van der Waals surface area contributed by atoms with Gasteiger partial charge in [-0.1, -0.05) is 6.07 Å². The lowest BCUT2D eigenvalue weighted by atomic mass is 10.0. The van der Waals surface area contributed by atoms with Gasteiger partial charge >= 0.3 is 5.97 Å². The molecule has 2 unspecified atom stereocenters. The van der Waals surface area contributed by atoms with Crippen molar-refractivity contribution >= 4 is 5.97 Å². The maximum Gasteiger partial charge on any atom is 0.336 e. The van der Waals surface area contributed by atoms with Crippen LogP contribution in [0.3, 0.4) is 0 Å². The second-order valence-corrected chi connectivity index (χ2v) is 4.95. The summed E-state index contributed by atoms with van der Waals surface area (Å²) >= 11 is 0. The summed E-state index contributed by atoms with van der Waals surface area (Å²) in [5.41, 5.74) is 0.647. The first-order valence-electron chi connectivity index (χ1n) is 6.32. The molecule has 1 aliphatic rings. The Morgan fingerprint density at radius 1 is 1.58 bits per heavy atom.